The van der Waals surface area contributed by atoms with Crippen molar-refractivity contribution < 1.29 is 19.1 Å². The summed E-state index contributed by atoms with van der Waals surface area (Å²) in [6, 6.07) is 16.8. The summed E-state index contributed by atoms with van der Waals surface area (Å²) in [5, 5.41) is 0. The maximum Gasteiger partial charge on any atom is 0.338 e. The van der Waals surface area contributed by atoms with Gasteiger partial charge in [0.05, 0.1) is 11.6 Å². The molecule has 0 aromatic heterocycles. The van der Waals surface area contributed by atoms with Crippen LogP contribution in [0.15, 0.2) is 54.6 Å². The Kier molecular flexibility index (Phi) is 8.51. The minimum Gasteiger partial charge on any atom is -0.456 e. The van der Waals surface area contributed by atoms with E-state index in [1.54, 1.807) is 12.1 Å². The Balaban J connectivity index is 1.51. The Morgan fingerprint density at radius 2 is 1.54 bits per heavy atom. The molecule has 1 heterocycles. The number of rotatable bonds is 7. The average molecular weight is 504 g/mol. The lowest BCUT2D eigenvalue weighted by atomic mass is 9.80. The zero-order valence-electron chi connectivity index (χ0n) is 22.7. The van der Waals surface area contributed by atoms with Crippen molar-refractivity contribution in [3.8, 4) is 0 Å². The van der Waals surface area contributed by atoms with E-state index < -0.39 is 11.6 Å². The van der Waals surface area contributed by atoms with Crippen LogP contribution in [0.1, 0.15) is 93.6 Å². The quantitative estimate of drug-likeness (QED) is 0.413. The molecule has 4 rings (SSSR count). The number of nitrogens with zero attached hydrogens (tertiary/aromatic N) is 1. The van der Waals surface area contributed by atoms with Gasteiger partial charge in [-0.2, -0.15) is 0 Å². The van der Waals surface area contributed by atoms with E-state index >= 15 is 0 Å². The summed E-state index contributed by atoms with van der Waals surface area (Å²) in [5.74, 6) is 0.602. The first-order chi connectivity index (χ1) is 17.7. The Morgan fingerprint density at radius 1 is 0.892 bits per heavy atom. The van der Waals surface area contributed by atoms with Gasteiger partial charge in [0.1, 0.15) is 5.60 Å². The van der Waals surface area contributed by atoms with Crippen molar-refractivity contribution in [1.29, 1.82) is 0 Å². The van der Waals surface area contributed by atoms with E-state index in [0.717, 1.165) is 49.1 Å². The largest absolute Gasteiger partial charge is 0.456 e. The van der Waals surface area contributed by atoms with Gasteiger partial charge in [-0.1, -0.05) is 55.8 Å². The third-order valence-electron chi connectivity index (χ3n) is 7.98. The fraction of sp³-hybridized carbons (Fsp3) is 0.531. The summed E-state index contributed by atoms with van der Waals surface area (Å²) in [6.07, 6.45) is 6.27. The van der Waals surface area contributed by atoms with Crippen LogP contribution in [0.5, 0.6) is 0 Å². The van der Waals surface area contributed by atoms with Crippen molar-refractivity contribution in [2.24, 2.45) is 11.8 Å². The molecule has 1 amide bonds. The number of amides is 1. The molecule has 37 heavy (non-hydrogen) atoms. The van der Waals surface area contributed by atoms with Gasteiger partial charge in [0.2, 0.25) is 5.91 Å². The summed E-state index contributed by atoms with van der Waals surface area (Å²) >= 11 is 0. The predicted molar refractivity (Wildman–Crippen MR) is 145 cm³/mol. The Hall–Kier alpha value is -2.95. The first-order valence-corrected chi connectivity index (χ1v) is 13.9. The van der Waals surface area contributed by atoms with Gasteiger partial charge in [-0.25, -0.2) is 4.79 Å². The number of Topliss-reactive ketones (excluding diaryl/α,β-unsaturated/α-hetero) is 1. The fourth-order valence-electron chi connectivity index (χ4n) is 5.94. The molecule has 5 nitrogen and oxygen atoms in total. The standard InChI is InChI=1S/C32H41NO4/c1-5-22-11-15-25(16-12-22)30(35)33-20-19-27(24-9-7-6-8-10-24)29(33)28(34)21-23-13-17-26(18-14-23)31(36)37-32(2,3)4/h6-10,13-14,17-18,22,25,27,29H,5,11-12,15-16,19-21H2,1-4H3/t22?,25?,27?,29-/m0/s1. The highest BCUT2D eigenvalue weighted by Gasteiger charge is 2.44. The molecule has 2 aromatic carbocycles. The SMILES string of the molecule is CCC1CCC(C(=O)N2CCC(c3ccccc3)[C@H]2C(=O)Cc2ccc(C(=O)OC(C)(C)C)cc2)CC1. The van der Waals surface area contributed by atoms with Gasteiger partial charge in [-0.05, 0) is 82.1 Å². The number of ether oxygens (including phenoxy) is 1. The Labute approximate surface area is 221 Å². The molecule has 1 unspecified atom stereocenters. The van der Waals surface area contributed by atoms with Crippen molar-refractivity contribution in [2.75, 3.05) is 6.54 Å². The van der Waals surface area contributed by atoms with Crippen LogP contribution in [0, 0.1) is 11.8 Å². The number of ketones is 1. The Morgan fingerprint density at radius 3 is 2.14 bits per heavy atom. The molecule has 0 N–H and O–H groups in total. The molecule has 2 aromatic rings. The molecule has 2 fully saturated rings. The smallest absolute Gasteiger partial charge is 0.338 e. The molecule has 0 spiro atoms. The van der Waals surface area contributed by atoms with Crippen LogP contribution in [-0.4, -0.2) is 40.7 Å². The maximum absolute atomic E-state index is 13.8. The molecule has 2 atom stereocenters. The molecular formula is C32H41NO4. The average Bonchev–Trinajstić information content (AvgIpc) is 3.34. The third kappa shape index (κ3) is 6.68. The minimum atomic E-state index is -0.563. The monoisotopic (exact) mass is 503 g/mol. The van der Waals surface area contributed by atoms with Gasteiger partial charge < -0.3 is 9.64 Å². The number of hydrogen-bond acceptors (Lipinski definition) is 4. The summed E-state index contributed by atoms with van der Waals surface area (Å²) in [7, 11) is 0. The van der Waals surface area contributed by atoms with E-state index in [0.29, 0.717) is 12.1 Å². The van der Waals surface area contributed by atoms with E-state index in [9.17, 15) is 14.4 Å². The van der Waals surface area contributed by atoms with Crippen LogP contribution in [0.25, 0.3) is 0 Å². The van der Waals surface area contributed by atoms with Crippen LogP contribution in [0.2, 0.25) is 0 Å². The summed E-state index contributed by atoms with van der Waals surface area (Å²) in [5.41, 5.74) is 1.86. The summed E-state index contributed by atoms with van der Waals surface area (Å²) in [6.45, 7) is 8.37. The second-order valence-electron chi connectivity index (χ2n) is 11.8. The lowest BCUT2D eigenvalue weighted by Gasteiger charge is -2.33. The number of benzene rings is 2. The highest BCUT2D eigenvalue weighted by atomic mass is 16.6. The van der Waals surface area contributed by atoms with E-state index in [4.69, 9.17) is 4.74 Å². The minimum absolute atomic E-state index is 0.00525. The third-order valence-corrected chi connectivity index (χ3v) is 7.98. The van der Waals surface area contributed by atoms with Gasteiger partial charge in [0, 0.05) is 24.8 Å². The van der Waals surface area contributed by atoms with Gasteiger partial charge in [-0.15, -0.1) is 0 Å². The van der Waals surface area contributed by atoms with E-state index in [-0.39, 0.29) is 35.9 Å². The number of hydrogen-bond donors (Lipinski definition) is 0. The summed E-state index contributed by atoms with van der Waals surface area (Å²) < 4.78 is 5.45. The lowest BCUT2D eigenvalue weighted by Crippen LogP contribution is -2.46. The van der Waals surface area contributed by atoms with Gasteiger partial charge in [-0.3, -0.25) is 9.59 Å². The number of carbonyl (C=O) groups excluding carboxylic acids is 3. The normalized spacial score (nSPS) is 24.1. The molecule has 1 saturated carbocycles. The molecule has 1 aliphatic heterocycles. The zero-order chi connectivity index (χ0) is 26.6. The first kappa shape index (κ1) is 27.1. The molecule has 2 aliphatic rings. The molecule has 1 aliphatic carbocycles. The van der Waals surface area contributed by atoms with Crippen molar-refractivity contribution in [3.63, 3.8) is 0 Å². The van der Waals surface area contributed by atoms with Crippen LogP contribution in [0.3, 0.4) is 0 Å². The highest BCUT2D eigenvalue weighted by Crippen LogP contribution is 2.38. The van der Waals surface area contributed by atoms with Gasteiger partial charge in [0.15, 0.2) is 5.78 Å². The van der Waals surface area contributed by atoms with Crippen LogP contribution >= 0.6 is 0 Å². The van der Waals surface area contributed by atoms with Crippen molar-refractivity contribution in [1.82, 2.24) is 4.90 Å². The van der Waals surface area contributed by atoms with Crippen LogP contribution < -0.4 is 0 Å². The predicted octanol–water partition coefficient (Wildman–Crippen LogP) is 6.35. The second kappa shape index (κ2) is 11.6. The van der Waals surface area contributed by atoms with E-state index in [1.807, 2.05) is 56.0 Å². The van der Waals surface area contributed by atoms with Crippen molar-refractivity contribution >= 4 is 17.7 Å². The van der Waals surface area contributed by atoms with E-state index in [1.165, 1.54) is 6.42 Å². The van der Waals surface area contributed by atoms with E-state index in [2.05, 4.69) is 19.1 Å². The topological polar surface area (TPSA) is 63.7 Å². The maximum atomic E-state index is 13.8. The summed E-state index contributed by atoms with van der Waals surface area (Å²) in [4.78, 5) is 41.8. The highest BCUT2D eigenvalue weighted by molar-refractivity contribution is 5.93. The molecule has 198 valence electrons. The number of carbonyl (C=O) groups is 3. The van der Waals surface area contributed by atoms with Crippen LogP contribution in [0.4, 0.5) is 0 Å². The number of esters is 1. The molecule has 5 heteroatoms. The van der Waals surface area contributed by atoms with Gasteiger partial charge in [0.25, 0.3) is 0 Å². The molecular weight excluding hydrogens is 462 g/mol. The fourth-order valence-corrected chi connectivity index (χ4v) is 5.94. The van der Waals surface area contributed by atoms with Crippen molar-refractivity contribution in [3.05, 3.63) is 71.3 Å². The number of likely N-dealkylation sites (tertiary alicyclic amines) is 1. The van der Waals surface area contributed by atoms with Crippen molar-refractivity contribution in [2.45, 2.75) is 90.2 Å². The molecule has 0 bridgehead atoms. The van der Waals surface area contributed by atoms with Crippen LogP contribution in [-0.2, 0) is 20.7 Å². The zero-order valence-corrected chi connectivity index (χ0v) is 22.7. The lowest BCUT2D eigenvalue weighted by molar-refractivity contribution is -0.142. The van der Waals surface area contributed by atoms with Gasteiger partial charge >= 0.3 is 5.97 Å². The molecule has 0 radical (unpaired) electrons. The second-order valence-corrected chi connectivity index (χ2v) is 11.8. The molecule has 1 saturated heterocycles. The Bertz CT molecular complexity index is 1080. The first-order valence-electron chi connectivity index (χ1n) is 13.9.